The Hall–Kier alpha value is -1.43. The molecule has 0 aliphatic carbocycles. The lowest BCUT2D eigenvalue weighted by atomic mass is 10.1. The Morgan fingerprint density at radius 3 is 2.71 bits per heavy atom. The zero-order valence-electron chi connectivity index (χ0n) is 9.71. The molecule has 0 saturated carbocycles. The van der Waals surface area contributed by atoms with E-state index >= 15 is 0 Å². The summed E-state index contributed by atoms with van der Waals surface area (Å²) in [6.07, 6.45) is 5.05. The lowest BCUT2D eigenvalue weighted by Gasteiger charge is -2.22. The molecule has 1 N–H and O–H groups in total. The van der Waals surface area contributed by atoms with Crippen LogP contribution in [0.15, 0.2) is 35.5 Å². The van der Waals surface area contributed by atoms with E-state index in [-0.39, 0.29) is 6.17 Å². The van der Waals surface area contributed by atoms with Gasteiger partial charge >= 0.3 is 0 Å². The van der Waals surface area contributed by atoms with Gasteiger partial charge in [0.2, 0.25) is 0 Å². The van der Waals surface area contributed by atoms with E-state index in [0.717, 1.165) is 10.3 Å². The highest BCUT2D eigenvalue weighted by molar-refractivity contribution is 9.10. The largest absolute Gasteiger partial charge is 0.348 e. The Morgan fingerprint density at radius 2 is 2.18 bits per heavy atom. The molecule has 0 aliphatic rings. The number of hydrogen-bond acceptors (Lipinski definition) is 4. The van der Waals surface area contributed by atoms with Crippen molar-refractivity contribution in [2.75, 3.05) is 5.32 Å². The molecule has 1 atom stereocenters. The zero-order valence-corrected chi connectivity index (χ0v) is 11.3. The Kier molecular flexibility index (Phi) is 3.73. The van der Waals surface area contributed by atoms with Gasteiger partial charge < -0.3 is 5.32 Å². The molecule has 0 aromatic carbocycles. The second-order valence-electron chi connectivity index (χ2n) is 4.07. The van der Waals surface area contributed by atoms with E-state index in [4.69, 9.17) is 0 Å². The summed E-state index contributed by atoms with van der Waals surface area (Å²) in [7, 11) is 0. The SMILES string of the molecule is CC(C)[C@H](Nc1ccc(Br)cn1)n1cncn1. The molecule has 6 heteroatoms. The van der Waals surface area contributed by atoms with Crippen LogP contribution >= 0.6 is 15.9 Å². The number of aromatic nitrogens is 4. The second kappa shape index (κ2) is 5.27. The van der Waals surface area contributed by atoms with Gasteiger partial charge in [0, 0.05) is 10.7 Å². The number of nitrogens with one attached hydrogen (secondary N) is 1. The van der Waals surface area contributed by atoms with Gasteiger partial charge in [-0.05, 0) is 34.0 Å². The average Bonchev–Trinajstić information content (AvgIpc) is 2.81. The maximum absolute atomic E-state index is 4.29. The molecule has 2 aromatic rings. The first-order chi connectivity index (χ1) is 8.16. The van der Waals surface area contributed by atoms with Gasteiger partial charge in [0.25, 0.3) is 0 Å². The molecule has 0 unspecified atom stereocenters. The van der Waals surface area contributed by atoms with Crippen LogP contribution in [0, 0.1) is 5.92 Å². The van der Waals surface area contributed by atoms with Crippen molar-refractivity contribution in [1.29, 1.82) is 0 Å². The summed E-state index contributed by atoms with van der Waals surface area (Å²) >= 11 is 3.36. The molecule has 2 heterocycles. The van der Waals surface area contributed by atoms with Crippen LogP contribution in [0.2, 0.25) is 0 Å². The number of pyridine rings is 1. The highest BCUT2D eigenvalue weighted by atomic mass is 79.9. The van der Waals surface area contributed by atoms with E-state index < -0.39 is 0 Å². The van der Waals surface area contributed by atoms with Crippen LogP contribution in [-0.2, 0) is 0 Å². The third-order valence-electron chi connectivity index (χ3n) is 2.38. The molecule has 0 amide bonds. The first kappa shape index (κ1) is 12.0. The van der Waals surface area contributed by atoms with Gasteiger partial charge in [-0.1, -0.05) is 13.8 Å². The van der Waals surface area contributed by atoms with E-state index in [0.29, 0.717) is 5.92 Å². The van der Waals surface area contributed by atoms with Crippen molar-refractivity contribution in [2.45, 2.75) is 20.0 Å². The Balaban J connectivity index is 2.16. The summed E-state index contributed by atoms with van der Waals surface area (Å²) < 4.78 is 2.76. The molecule has 17 heavy (non-hydrogen) atoms. The van der Waals surface area contributed by atoms with Crippen molar-refractivity contribution in [3.05, 3.63) is 35.5 Å². The van der Waals surface area contributed by atoms with E-state index in [9.17, 15) is 0 Å². The van der Waals surface area contributed by atoms with Crippen LogP contribution < -0.4 is 5.32 Å². The molecule has 5 nitrogen and oxygen atoms in total. The fraction of sp³-hybridized carbons (Fsp3) is 0.364. The summed E-state index contributed by atoms with van der Waals surface area (Å²) in [6.45, 7) is 4.25. The van der Waals surface area contributed by atoms with E-state index in [1.165, 1.54) is 6.33 Å². The number of halogens is 1. The lowest BCUT2D eigenvalue weighted by molar-refractivity contribution is 0.384. The van der Waals surface area contributed by atoms with Gasteiger partial charge in [-0.2, -0.15) is 5.10 Å². The highest BCUT2D eigenvalue weighted by Crippen LogP contribution is 2.19. The number of hydrogen-bond donors (Lipinski definition) is 1. The number of anilines is 1. The van der Waals surface area contributed by atoms with Crippen molar-refractivity contribution in [3.8, 4) is 0 Å². The van der Waals surface area contributed by atoms with Crippen LogP contribution in [0.25, 0.3) is 0 Å². The van der Waals surface area contributed by atoms with E-state index in [2.05, 4.69) is 50.2 Å². The third-order valence-corrected chi connectivity index (χ3v) is 2.85. The van der Waals surface area contributed by atoms with Gasteiger partial charge in [-0.15, -0.1) is 0 Å². The lowest BCUT2D eigenvalue weighted by Crippen LogP contribution is -2.24. The molecular formula is C11H14BrN5. The maximum Gasteiger partial charge on any atom is 0.137 e. The normalized spacial score (nSPS) is 12.7. The van der Waals surface area contributed by atoms with Crippen LogP contribution in [0.5, 0.6) is 0 Å². The van der Waals surface area contributed by atoms with Gasteiger partial charge in [-0.3, -0.25) is 0 Å². The smallest absolute Gasteiger partial charge is 0.137 e. The predicted octanol–water partition coefficient (Wildman–Crippen LogP) is 2.70. The van der Waals surface area contributed by atoms with Gasteiger partial charge in [0.15, 0.2) is 0 Å². The second-order valence-corrected chi connectivity index (χ2v) is 4.99. The Bertz CT molecular complexity index is 451. The fourth-order valence-corrected chi connectivity index (χ4v) is 1.75. The average molecular weight is 296 g/mol. The van der Waals surface area contributed by atoms with Crippen LogP contribution in [0.3, 0.4) is 0 Å². The van der Waals surface area contributed by atoms with Crippen molar-refractivity contribution < 1.29 is 0 Å². The van der Waals surface area contributed by atoms with Gasteiger partial charge in [-0.25, -0.2) is 14.6 Å². The summed E-state index contributed by atoms with van der Waals surface area (Å²) in [5.74, 6) is 1.20. The fourth-order valence-electron chi connectivity index (χ4n) is 1.51. The molecule has 90 valence electrons. The maximum atomic E-state index is 4.29. The topological polar surface area (TPSA) is 55.6 Å². The van der Waals surface area contributed by atoms with Gasteiger partial charge in [0.1, 0.15) is 24.6 Å². The number of rotatable bonds is 4. The minimum atomic E-state index is 0.0474. The van der Waals surface area contributed by atoms with Gasteiger partial charge in [0.05, 0.1) is 0 Å². The third kappa shape index (κ3) is 3.03. The first-order valence-corrected chi connectivity index (χ1v) is 6.18. The minimum Gasteiger partial charge on any atom is -0.348 e. The molecule has 0 spiro atoms. The molecule has 0 radical (unpaired) electrons. The van der Waals surface area contributed by atoms with Crippen LogP contribution in [0.4, 0.5) is 5.82 Å². The quantitative estimate of drug-likeness (QED) is 0.942. The minimum absolute atomic E-state index is 0.0474. The predicted molar refractivity (Wildman–Crippen MR) is 69.5 cm³/mol. The summed E-state index contributed by atoms with van der Waals surface area (Å²) in [5.41, 5.74) is 0. The molecule has 0 fully saturated rings. The molecule has 0 bridgehead atoms. The molecule has 0 saturated heterocycles. The number of nitrogens with zero attached hydrogens (tertiary/aromatic N) is 4. The summed E-state index contributed by atoms with van der Waals surface area (Å²) in [5, 5.41) is 7.49. The Labute approximate surface area is 108 Å². The molecule has 2 rings (SSSR count). The molecular weight excluding hydrogens is 282 g/mol. The highest BCUT2D eigenvalue weighted by Gasteiger charge is 2.15. The van der Waals surface area contributed by atoms with Crippen molar-refractivity contribution in [3.63, 3.8) is 0 Å². The first-order valence-electron chi connectivity index (χ1n) is 5.39. The summed E-state index contributed by atoms with van der Waals surface area (Å²) in [4.78, 5) is 8.26. The van der Waals surface area contributed by atoms with Crippen molar-refractivity contribution in [1.82, 2.24) is 19.7 Å². The van der Waals surface area contributed by atoms with E-state index in [1.54, 1.807) is 17.2 Å². The van der Waals surface area contributed by atoms with Crippen molar-refractivity contribution in [2.24, 2.45) is 5.92 Å². The Morgan fingerprint density at radius 1 is 1.35 bits per heavy atom. The van der Waals surface area contributed by atoms with E-state index in [1.807, 2.05) is 12.1 Å². The molecule has 0 aliphatic heterocycles. The molecule has 2 aromatic heterocycles. The standard InChI is InChI=1S/C11H14BrN5/c1-8(2)11(17-7-13-6-15-17)16-10-4-3-9(12)5-14-10/h3-8,11H,1-2H3,(H,14,16)/t11-/m1/s1. The monoisotopic (exact) mass is 295 g/mol. The summed E-state index contributed by atoms with van der Waals surface area (Å²) in [6, 6.07) is 3.88. The van der Waals surface area contributed by atoms with Crippen LogP contribution in [0.1, 0.15) is 20.0 Å². The van der Waals surface area contributed by atoms with Crippen molar-refractivity contribution >= 4 is 21.7 Å². The van der Waals surface area contributed by atoms with Crippen LogP contribution in [-0.4, -0.2) is 19.7 Å². The zero-order chi connectivity index (χ0) is 12.3.